The third kappa shape index (κ3) is 15.9. The van der Waals surface area contributed by atoms with Crippen molar-refractivity contribution in [1.82, 2.24) is 60.1 Å². The highest BCUT2D eigenvalue weighted by Crippen LogP contribution is 2.27. The van der Waals surface area contributed by atoms with Gasteiger partial charge in [0.1, 0.15) is 28.8 Å². The lowest BCUT2D eigenvalue weighted by Gasteiger charge is -1.96. The predicted octanol–water partition coefficient (Wildman–Crippen LogP) is 15.6. The molecule has 0 unspecified atom stereocenters. The van der Waals surface area contributed by atoms with Crippen LogP contribution in [0.3, 0.4) is 0 Å². The first-order valence-corrected chi connectivity index (χ1v) is 25.6. The van der Waals surface area contributed by atoms with Crippen molar-refractivity contribution in [3.8, 4) is 0 Å². The number of non-ortho nitro benzene ring substituents is 1. The molecule has 0 amide bonds. The Morgan fingerprint density at radius 1 is 0.671 bits per heavy atom. The van der Waals surface area contributed by atoms with E-state index in [-0.39, 0.29) is 16.6 Å². The second kappa shape index (κ2) is 25.8. The highest BCUT2D eigenvalue weighted by molar-refractivity contribution is 7.11. The van der Waals surface area contributed by atoms with E-state index in [1.807, 2.05) is 91.1 Å². The van der Waals surface area contributed by atoms with E-state index >= 15 is 0 Å². The van der Waals surface area contributed by atoms with Crippen molar-refractivity contribution in [2.45, 2.75) is 132 Å². The van der Waals surface area contributed by atoms with E-state index < -0.39 is 10.7 Å². The van der Waals surface area contributed by atoms with Crippen molar-refractivity contribution >= 4 is 84.4 Å². The van der Waals surface area contributed by atoms with Gasteiger partial charge in [-0.1, -0.05) is 124 Å². The first-order valence-electron chi connectivity index (χ1n) is 24.1. The number of thiazole rings is 1. The van der Waals surface area contributed by atoms with Crippen LogP contribution in [0.15, 0.2) is 77.3 Å². The van der Waals surface area contributed by atoms with Gasteiger partial charge in [-0.05, 0) is 61.0 Å². The maximum absolute atomic E-state index is 13.1. The Kier molecular flexibility index (Phi) is 20.3. The molecular weight excluding hydrogens is 989 g/mol. The lowest BCUT2D eigenvalue weighted by Crippen LogP contribution is -1.94. The number of nitrogens with zero attached hydrogens (tertiary/aromatic N) is 10. The van der Waals surface area contributed by atoms with E-state index in [1.165, 1.54) is 32.9 Å². The first-order chi connectivity index (χ1) is 34.4. The summed E-state index contributed by atoms with van der Waals surface area (Å²) in [6.45, 7) is 28.9. The molecule has 10 aromatic rings. The van der Waals surface area contributed by atoms with Crippen molar-refractivity contribution in [2.24, 2.45) is 7.05 Å². The Morgan fingerprint density at radius 3 is 1.73 bits per heavy atom. The summed E-state index contributed by atoms with van der Waals surface area (Å²) >= 11 is 13.5. The van der Waals surface area contributed by atoms with Gasteiger partial charge in [-0.25, -0.2) is 29.3 Å². The van der Waals surface area contributed by atoms with Gasteiger partial charge in [-0.15, -0.1) is 21.5 Å². The van der Waals surface area contributed by atoms with Gasteiger partial charge in [0.2, 0.25) is 0 Å². The minimum atomic E-state index is -0.418. The smallest absolute Gasteiger partial charge is 0.297 e. The van der Waals surface area contributed by atoms with E-state index in [0.717, 1.165) is 61.9 Å². The normalized spacial score (nSPS) is 11.2. The Labute approximate surface area is 439 Å². The molecule has 0 atom stereocenters. The predicted molar refractivity (Wildman–Crippen MR) is 294 cm³/mol. The quantitative estimate of drug-likeness (QED) is 0.101. The van der Waals surface area contributed by atoms with Gasteiger partial charge < -0.3 is 19.4 Å². The van der Waals surface area contributed by atoms with Crippen LogP contribution in [0.25, 0.3) is 44.2 Å². The largest absolute Gasteiger partial charge is 0.440 e. The van der Waals surface area contributed by atoms with Crippen LogP contribution in [0.4, 0.5) is 10.1 Å². The van der Waals surface area contributed by atoms with E-state index in [4.69, 9.17) is 27.6 Å². The summed E-state index contributed by atoms with van der Waals surface area (Å²) in [5, 5.41) is 24.4. The molecule has 16 nitrogen and oxygen atoms in total. The fourth-order valence-corrected chi connectivity index (χ4v) is 7.59. The molecule has 0 fully saturated rings. The Hall–Kier alpha value is -6.63. The minimum Gasteiger partial charge on any atom is -0.440 e. The van der Waals surface area contributed by atoms with Crippen molar-refractivity contribution in [3.05, 3.63) is 144 Å². The number of para-hydroxylation sites is 3. The van der Waals surface area contributed by atoms with E-state index in [9.17, 15) is 14.5 Å². The van der Waals surface area contributed by atoms with Crippen molar-refractivity contribution < 1.29 is 13.7 Å². The second-order valence-corrected chi connectivity index (χ2v) is 21.2. The molecule has 0 saturated carbocycles. The summed E-state index contributed by atoms with van der Waals surface area (Å²) in [5.74, 6) is 6.11. The monoisotopic (exact) mass is 1050 g/mol. The van der Waals surface area contributed by atoms with Crippen LogP contribution < -0.4 is 0 Å². The zero-order valence-electron chi connectivity index (χ0n) is 44.1. The second-order valence-electron chi connectivity index (χ2n) is 19.1. The van der Waals surface area contributed by atoms with Gasteiger partial charge in [0, 0.05) is 63.7 Å². The summed E-state index contributed by atoms with van der Waals surface area (Å²) in [7, 11) is 1.76. The Bertz CT molecular complexity index is 3120. The zero-order chi connectivity index (χ0) is 53.8. The molecule has 20 heteroatoms. The van der Waals surface area contributed by atoms with Crippen molar-refractivity contribution in [1.29, 1.82) is 0 Å². The van der Waals surface area contributed by atoms with Gasteiger partial charge in [-0.3, -0.25) is 10.1 Å². The molecule has 3 N–H and O–H groups in total. The molecule has 6 heterocycles. The van der Waals surface area contributed by atoms with E-state index in [1.54, 1.807) is 30.5 Å². The van der Waals surface area contributed by atoms with Crippen LogP contribution in [0.2, 0.25) is 10.0 Å². The number of oxazole rings is 1. The molecule has 6 aromatic heterocycles. The number of aromatic amines is 3. The number of nitrogens with one attached hydrogen (secondary N) is 3. The number of imidazole rings is 3. The number of H-pyrrole nitrogens is 3. The zero-order valence-corrected chi connectivity index (χ0v) is 46.5. The fraction of sp³-hybridized carbons (Fsp3) is 0.396. The van der Waals surface area contributed by atoms with Gasteiger partial charge in [-0.2, -0.15) is 4.80 Å². The van der Waals surface area contributed by atoms with Gasteiger partial charge in [0.05, 0.1) is 49.6 Å². The lowest BCUT2D eigenvalue weighted by molar-refractivity contribution is -0.383. The highest BCUT2D eigenvalue weighted by Gasteiger charge is 2.17. The molecule has 73 heavy (non-hydrogen) atoms. The van der Waals surface area contributed by atoms with E-state index in [0.29, 0.717) is 51.7 Å². The number of fused-ring (bicyclic) bond motifs is 4. The number of nitro benzene ring substituents is 1. The minimum absolute atomic E-state index is 0.0515. The molecule has 0 aliphatic rings. The summed E-state index contributed by atoms with van der Waals surface area (Å²) < 4.78 is 18.6. The number of aromatic nitrogens is 12. The summed E-state index contributed by atoms with van der Waals surface area (Å²) in [5.41, 5.74) is 7.52. The fourth-order valence-electron chi connectivity index (χ4n) is 6.49. The number of halogens is 3. The summed E-state index contributed by atoms with van der Waals surface area (Å²) in [6.07, 6.45) is 1.93. The van der Waals surface area contributed by atoms with Crippen LogP contribution in [0, 0.1) is 29.8 Å². The molecule has 0 aliphatic heterocycles. The Balaban J connectivity index is 0.000000164. The number of rotatable bonds is 7. The molecule has 0 radical (unpaired) electrons. The van der Waals surface area contributed by atoms with Crippen LogP contribution in [0.1, 0.15) is 163 Å². The standard InChI is InChI=1S/C11H13ClN2.C10H10ClFN2.C10H11N3O2.C10H11NO.C7H11NS.C5H10N4/c1-6(2)11-13-9-4-7(3)8(12)5-10(9)14-11;1-5(2)10-13-8-3-6(11)7(12)4-9(8)14-10;1-6(2)10-11-7-4-3-5-8(13(14)15)9(7)12-10;1-7(2)10-11-8-5-3-4-6-9(8)12-10;1-5(2)7-8-4-6(3)9-7;1-4(2)5-6-8-9(3)7-5/h4-6H,1-3H3,(H,13,14);3-5H,1-2H3,(H,13,14);3-6H,1-2H3,(H,11,12);3-7H,1-2H3;4-5H,1-3H3;4H,1-3H3. The molecule has 0 saturated heterocycles. The van der Waals surface area contributed by atoms with E-state index in [2.05, 4.69) is 104 Å². The van der Waals surface area contributed by atoms with Gasteiger partial charge in [0.15, 0.2) is 22.8 Å². The van der Waals surface area contributed by atoms with Crippen LogP contribution in [-0.4, -0.2) is 65.0 Å². The number of tetrazole rings is 1. The molecule has 0 aliphatic carbocycles. The maximum Gasteiger partial charge on any atom is 0.297 e. The Morgan fingerprint density at radius 2 is 1.25 bits per heavy atom. The molecule has 0 bridgehead atoms. The number of hydrogen-bond donors (Lipinski definition) is 3. The highest BCUT2D eigenvalue weighted by atomic mass is 35.5. The van der Waals surface area contributed by atoms with Crippen LogP contribution in [-0.2, 0) is 7.05 Å². The molecule has 0 spiro atoms. The summed E-state index contributed by atoms with van der Waals surface area (Å²) in [6, 6.07) is 19.6. The third-order valence-corrected chi connectivity index (χ3v) is 12.6. The lowest BCUT2D eigenvalue weighted by atomic mass is 10.2. The van der Waals surface area contributed by atoms with Crippen LogP contribution in [0.5, 0.6) is 0 Å². The average molecular weight is 1060 g/mol. The number of aryl methyl sites for hydroxylation is 3. The third-order valence-electron chi connectivity index (χ3n) is 10.6. The number of hydrogen-bond acceptors (Lipinski definition) is 12. The molecule has 10 rings (SSSR count). The van der Waals surface area contributed by atoms with Crippen molar-refractivity contribution in [2.75, 3.05) is 0 Å². The number of nitro groups is 1. The molecule has 388 valence electrons. The maximum atomic E-state index is 13.1. The van der Waals surface area contributed by atoms with Crippen molar-refractivity contribution in [3.63, 3.8) is 0 Å². The van der Waals surface area contributed by atoms with Gasteiger partial charge in [0.25, 0.3) is 5.69 Å². The topological polar surface area (TPSA) is 212 Å². The molecular formula is C53H66Cl2FN13O3S. The van der Waals surface area contributed by atoms with Crippen LogP contribution >= 0.6 is 34.5 Å². The van der Waals surface area contributed by atoms with Gasteiger partial charge >= 0.3 is 0 Å². The SMILES string of the molecule is CC(C)c1nc2c([N+](=O)[O-])cccc2[nH]1.CC(C)c1nc2cc(Cl)c(F)cc2[nH]1.CC(C)c1nc2ccccc2o1.CC(C)c1nnn(C)n1.Cc1cc2[nH]c(C(C)C)nc2cc1Cl.Cc1cnc(C(C)C)s1. The summed E-state index contributed by atoms with van der Waals surface area (Å²) in [4.78, 5) is 44.1. The first kappa shape index (κ1) is 57.3. The number of benzene rings is 4. The average Bonchev–Trinajstić information content (AvgIpc) is 4.20. The molecule has 4 aromatic carbocycles.